The van der Waals surface area contributed by atoms with E-state index in [4.69, 9.17) is 4.74 Å². The molecule has 1 N–H and O–H groups in total. The molecule has 194 valence electrons. The first kappa shape index (κ1) is 25.1. The number of tetrazole rings is 1. The predicted molar refractivity (Wildman–Crippen MR) is 141 cm³/mol. The van der Waals surface area contributed by atoms with Crippen molar-refractivity contribution in [3.05, 3.63) is 51.1 Å². The van der Waals surface area contributed by atoms with Crippen LogP contribution in [0, 0.1) is 19.8 Å². The van der Waals surface area contributed by atoms with Crippen molar-refractivity contribution in [2.24, 2.45) is 5.92 Å². The quantitative estimate of drug-likeness (QED) is 0.484. The number of ether oxygens (including phenoxy) is 1. The summed E-state index contributed by atoms with van der Waals surface area (Å²) >= 11 is 0. The average Bonchev–Trinajstić information content (AvgIpc) is 3.52. The van der Waals surface area contributed by atoms with Crippen LogP contribution in [0.1, 0.15) is 87.3 Å². The van der Waals surface area contributed by atoms with Crippen molar-refractivity contribution in [1.82, 2.24) is 30.1 Å². The Bertz CT molecular complexity index is 1240. The van der Waals surface area contributed by atoms with E-state index in [1.54, 1.807) is 0 Å². The Morgan fingerprint density at radius 3 is 2.64 bits per heavy atom. The summed E-state index contributed by atoms with van der Waals surface area (Å²) < 4.78 is 7.85. The number of aromatic amines is 1. The third-order valence-electron chi connectivity index (χ3n) is 8.00. The molecule has 0 radical (unpaired) electrons. The van der Waals surface area contributed by atoms with Gasteiger partial charge in [0, 0.05) is 35.7 Å². The number of benzene rings is 1. The summed E-state index contributed by atoms with van der Waals surface area (Å²) in [4.78, 5) is 19.0. The van der Waals surface area contributed by atoms with Gasteiger partial charge in [-0.1, -0.05) is 39.2 Å². The number of nitrogens with one attached hydrogen (secondary N) is 1. The maximum atomic E-state index is 13.3. The zero-order valence-corrected chi connectivity index (χ0v) is 22.2. The van der Waals surface area contributed by atoms with Gasteiger partial charge in [0.15, 0.2) is 5.82 Å². The number of hydrogen-bond acceptors (Lipinski definition) is 6. The van der Waals surface area contributed by atoms with Gasteiger partial charge in [-0.2, -0.15) is 0 Å². The number of nitrogens with zero attached hydrogens (tertiary/aromatic N) is 5. The van der Waals surface area contributed by atoms with E-state index < -0.39 is 0 Å². The fraction of sp³-hybridized carbons (Fsp3) is 0.643. The Morgan fingerprint density at radius 1 is 1.11 bits per heavy atom. The molecule has 1 aromatic carbocycles. The first-order valence-electron chi connectivity index (χ1n) is 13.7. The zero-order valence-electron chi connectivity index (χ0n) is 22.2. The molecule has 2 atom stereocenters. The molecule has 3 aromatic rings. The van der Waals surface area contributed by atoms with Gasteiger partial charge in [-0.25, -0.2) is 4.68 Å². The number of fused-ring (bicyclic) bond motifs is 1. The minimum absolute atomic E-state index is 0.00485. The van der Waals surface area contributed by atoms with E-state index in [2.05, 4.69) is 71.3 Å². The van der Waals surface area contributed by atoms with Crippen LogP contribution in [0.2, 0.25) is 0 Å². The Hall–Kier alpha value is -2.58. The number of rotatable bonds is 8. The van der Waals surface area contributed by atoms with Crippen LogP contribution in [0.15, 0.2) is 23.0 Å². The Kier molecular flexibility index (Phi) is 7.53. The highest BCUT2D eigenvalue weighted by Gasteiger charge is 2.35. The molecule has 0 bridgehead atoms. The molecule has 0 spiro atoms. The zero-order chi connectivity index (χ0) is 25.2. The fourth-order valence-electron chi connectivity index (χ4n) is 6.26. The Morgan fingerprint density at radius 2 is 1.92 bits per heavy atom. The molecule has 36 heavy (non-hydrogen) atoms. The van der Waals surface area contributed by atoms with E-state index in [0.29, 0.717) is 19.1 Å². The molecule has 1 aliphatic heterocycles. The number of aromatic nitrogens is 5. The summed E-state index contributed by atoms with van der Waals surface area (Å²) in [5, 5.41) is 14.1. The SMILES string of the molecule is Cc1cc(C)c2cc(CN(C3CCCCC3)[C@H](c3nnnn3C[C@@H]3CCCO3)C(C)C)c(=O)[nH]c2c1. The second-order valence-electron chi connectivity index (χ2n) is 11.2. The second kappa shape index (κ2) is 10.8. The highest BCUT2D eigenvalue weighted by Crippen LogP contribution is 2.35. The summed E-state index contributed by atoms with van der Waals surface area (Å²) in [5.41, 5.74) is 4.06. The molecule has 8 heteroatoms. The highest BCUT2D eigenvalue weighted by atomic mass is 16.5. The van der Waals surface area contributed by atoms with Crippen LogP contribution in [-0.4, -0.2) is 48.8 Å². The number of H-pyrrole nitrogens is 1. The van der Waals surface area contributed by atoms with Crippen molar-refractivity contribution in [1.29, 1.82) is 0 Å². The standard InChI is InChI=1S/C28H40N6O2/c1-18(2)26(27-30-31-32-34(27)17-23-11-8-12-36-23)33(22-9-6-5-7-10-22)16-21-15-24-20(4)13-19(3)14-25(24)29-28(21)35/h13-15,18,22-23,26H,5-12,16-17H2,1-4H3,(H,29,35)/t23-,26-/m0/s1. The van der Waals surface area contributed by atoms with Crippen LogP contribution in [0.25, 0.3) is 10.9 Å². The predicted octanol–water partition coefficient (Wildman–Crippen LogP) is 4.84. The molecule has 3 heterocycles. The summed E-state index contributed by atoms with van der Waals surface area (Å²) in [6, 6.07) is 6.75. The summed E-state index contributed by atoms with van der Waals surface area (Å²) in [7, 11) is 0. The topological polar surface area (TPSA) is 88.9 Å². The van der Waals surface area contributed by atoms with Gasteiger partial charge >= 0.3 is 0 Å². The monoisotopic (exact) mass is 492 g/mol. The van der Waals surface area contributed by atoms with Crippen molar-refractivity contribution in [3.63, 3.8) is 0 Å². The highest BCUT2D eigenvalue weighted by molar-refractivity contribution is 5.83. The lowest BCUT2D eigenvalue weighted by molar-refractivity contribution is 0.0553. The normalized spacial score (nSPS) is 20.1. The van der Waals surface area contributed by atoms with Crippen LogP contribution < -0.4 is 5.56 Å². The van der Waals surface area contributed by atoms with E-state index in [-0.39, 0.29) is 23.6 Å². The van der Waals surface area contributed by atoms with Crippen LogP contribution in [0.4, 0.5) is 0 Å². The molecule has 1 saturated carbocycles. The van der Waals surface area contributed by atoms with E-state index in [1.165, 1.54) is 24.8 Å². The molecule has 2 aromatic heterocycles. The summed E-state index contributed by atoms with van der Waals surface area (Å²) in [6.07, 6.45) is 8.30. The minimum atomic E-state index is -0.00485. The van der Waals surface area contributed by atoms with E-state index in [1.807, 2.05) is 4.68 Å². The molecule has 0 amide bonds. The first-order chi connectivity index (χ1) is 17.4. The van der Waals surface area contributed by atoms with E-state index in [9.17, 15) is 4.79 Å². The van der Waals surface area contributed by atoms with Crippen molar-refractivity contribution in [2.45, 2.75) is 104 Å². The van der Waals surface area contributed by atoms with Crippen LogP contribution in [-0.2, 0) is 17.8 Å². The Balaban J connectivity index is 1.53. The summed E-state index contributed by atoms with van der Waals surface area (Å²) in [5.74, 6) is 1.17. The van der Waals surface area contributed by atoms with Crippen molar-refractivity contribution >= 4 is 10.9 Å². The molecule has 8 nitrogen and oxygen atoms in total. The lowest BCUT2D eigenvalue weighted by Crippen LogP contribution is -2.43. The minimum Gasteiger partial charge on any atom is -0.376 e. The van der Waals surface area contributed by atoms with E-state index in [0.717, 1.165) is 60.1 Å². The second-order valence-corrected chi connectivity index (χ2v) is 11.2. The molecule has 0 unspecified atom stereocenters. The first-order valence-corrected chi connectivity index (χ1v) is 13.7. The maximum absolute atomic E-state index is 13.3. The number of aryl methyl sites for hydroxylation is 2. The van der Waals surface area contributed by atoms with Crippen molar-refractivity contribution in [2.75, 3.05) is 6.61 Å². The van der Waals surface area contributed by atoms with E-state index >= 15 is 0 Å². The largest absolute Gasteiger partial charge is 0.376 e. The fourth-order valence-corrected chi connectivity index (χ4v) is 6.26. The van der Waals surface area contributed by atoms with Crippen molar-refractivity contribution < 1.29 is 4.74 Å². The van der Waals surface area contributed by atoms with Gasteiger partial charge in [0.2, 0.25) is 0 Å². The molecule has 2 fully saturated rings. The third-order valence-corrected chi connectivity index (χ3v) is 8.00. The van der Waals surface area contributed by atoms with Crippen LogP contribution in [0.5, 0.6) is 0 Å². The van der Waals surface area contributed by atoms with Gasteiger partial charge in [0.05, 0.1) is 18.7 Å². The van der Waals surface area contributed by atoms with Gasteiger partial charge in [-0.05, 0) is 79.1 Å². The van der Waals surface area contributed by atoms with Gasteiger partial charge in [-0.15, -0.1) is 5.10 Å². The van der Waals surface area contributed by atoms with Crippen molar-refractivity contribution in [3.8, 4) is 0 Å². The molecule has 2 aliphatic rings. The molecular formula is C28H40N6O2. The molecular weight excluding hydrogens is 452 g/mol. The van der Waals surface area contributed by atoms with Crippen LogP contribution >= 0.6 is 0 Å². The molecule has 1 aliphatic carbocycles. The lowest BCUT2D eigenvalue weighted by atomic mass is 9.90. The maximum Gasteiger partial charge on any atom is 0.252 e. The molecule has 1 saturated heterocycles. The van der Waals surface area contributed by atoms with Gasteiger partial charge in [0.1, 0.15) is 0 Å². The number of hydrogen-bond donors (Lipinski definition) is 1. The summed E-state index contributed by atoms with van der Waals surface area (Å²) in [6.45, 7) is 10.7. The molecule has 5 rings (SSSR count). The lowest BCUT2D eigenvalue weighted by Gasteiger charge is -2.41. The smallest absolute Gasteiger partial charge is 0.252 e. The third kappa shape index (κ3) is 5.25. The van der Waals surface area contributed by atoms with Gasteiger partial charge < -0.3 is 9.72 Å². The average molecular weight is 493 g/mol. The van der Waals surface area contributed by atoms with Gasteiger partial charge in [-0.3, -0.25) is 9.69 Å². The van der Waals surface area contributed by atoms with Gasteiger partial charge in [0.25, 0.3) is 5.56 Å². The Labute approximate surface area is 213 Å². The van der Waals surface area contributed by atoms with Crippen LogP contribution in [0.3, 0.4) is 0 Å². The number of pyridine rings is 1.